The molecule has 0 aromatic heterocycles. The fraction of sp³-hybridized carbons (Fsp3) is 0.400. The highest BCUT2D eigenvalue weighted by Crippen LogP contribution is 2.24. The van der Waals surface area contributed by atoms with Crippen molar-refractivity contribution in [3.05, 3.63) is 46.1 Å². The maximum absolute atomic E-state index is 11.2. The first kappa shape index (κ1) is 15.2. The Morgan fingerprint density at radius 1 is 1.44 bits per heavy atom. The smallest absolute Gasteiger partial charge is 0.305 e. The van der Waals surface area contributed by atoms with Gasteiger partial charge in [-0.25, -0.2) is 0 Å². The Labute approximate surface area is 123 Å². The minimum absolute atomic E-state index is 0.108. The topological polar surface area (TPSA) is 26.3 Å². The number of halogens is 1. The molecule has 0 aliphatic rings. The van der Waals surface area contributed by atoms with E-state index >= 15 is 0 Å². The van der Waals surface area contributed by atoms with Crippen LogP contribution in [0.15, 0.2) is 36.9 Å². The van der Waals surface area contributed by atoms with Crippen LogP contribution in [0.3, 0.4) is 0 Å². The molecule has 0 bridgehead atoms. The highest BCUT2D eigenvalue weighted by atomic mass is 127. The van der Waals surface area contributed by atoms with Crippen LogP contribution >= 0.6 is 22.6 Å². The van der Waals surface area contributed by atoms with Gasteiger partial charge in [-0.3, -0.25) is 4.79 Å². The highest BCUT2D eigenvalue weighted by molar-refractivity contribution is 14.1. The number of hydrogen-bond donors (Lipinski definition) is 0. The lowest BCUT2D eigenvalue weighted by Crippen LogP contribution is -2.04. The van der Waals surface area contributed by atoms with Crippen LogP contribution in [0.2, 0.25) is 0 Å². The number of allylic oxidation sites excluding steroid dienone is 1. The first-order valence-electron chi connectivity index (χ1n) is 6.21. The van der Waals surface area contributed by atoms with Gasteiger partial charge in [0.05, 0.1) is 6.61 Å². The van der Waals surface area contributed by atoms with E-state index in [0.29, 0.717) is 18.9 Å². The third-order valence-corrected chi connectivity index (χ3v) is 3.50. The molecule has 1 atom stereocenters. The molecule has 1 rings (SSSR count). The van der Waals surface area contributed by atoms with Crippen LogP contribution in [0.5, 0.6) is 0 Å². The van der Waals surface area contributed by atoms with Gasteiger partial charge in [0, 0.05) is 15.9 Å². The third kappa shape index (κ3) is 5.21. The van der Waals surface area contributed by atoms with Crippen LogP contribution < -0.4 is 0 Å². The van der Waals surface area contributed by atoms with Gasteiger partial charge in [-0.2, -0.15) is 0 Å². The summed E-state index contributed by atoms with van der Waals surface area (Å²) < 4.78 is 6.14. The second-order valence-corrected chi connectivity index (χ2v) is 5.34. The molecule has 0 N–H and O–H groups in total. The average molecular weight is 358 g/mol. The van der Waals surface area contributed by atoms with Crippen molar-refractivity contribution in [1.29, 1.82) is 0 Å². The third-order valence-electron chi connectivity index (χ3n) is 2.78. The monoisotopic (exact) mass is 358 g/mol. The second kappa shape index (κ2) is 8.29. The van der Waals surface area contributed by atoms with Crippen molar-refractivity contribution in [2.24, 2.45) is 0 Å². The van der Waals surface area contributed by atoms with Crippen molar-refractivity contribution >= 4 is 28.6 Å². The number of esters is 1. The summed E-state index contributed by atoms with van der Waals surface area (Å²) in [5, 5.41) is 0. The van der Waals surface area contributed by atoms with Crippen molar-refractivity contribution in [2.75, 3.05) is 6.61 Å². The normalized spacial score (nSPS) is 11.9. The van der Waals surface area contributed by atoms with E-state index in [9.17, 15) is 4.79 Å². The van der Waals surface area contributed by atoms with E-state index in [-0.39, 0.29) is 5.97 Å². The lowest BCUT2D eigenvalue weighted by atomic mass is 9.94. The van der Waals surface area contributed by atoms with Crippen molar-refractivity contribution in [1.82, 2.24) is 0 Å². The van der Waals surface area contributed by atoms with Gasteiger partial charge in [0.15, 0.2) is 0 Å². The molecule has 3 heteroatoms. The number of rotatable bonds is 7. The second-order valence-electron chi connectivity index (χ2n) is 4.09. The van der Waals surface area contributed by atoms with E-state index in [0.717, 1.165) is 12.8 Å². The zero-order chi connectivity index (χ0) is 13.4. The Balaban J connectivity index is 2.45. The van der Waals surface area contributed by atoms with Crippen molar-refractivity contribution in [3.63, 3.8) is 0 Å². The number of ether oxygens (including phenoxy) is 1. The number of benzene rings is 1. The molecule has 0 heterocycles. The first-order valence-corrected chi connectivity index (χ1v) is 7.29. The molecular formula is C15H19IO2. The summed E-state index contributed by atoms with van der Waals surface area (Å²) in [5.74, 6) is 0.208. The predicted octanol–water partition coefficient (Wildman–Crippen LogP) is 4.29. The molecule has 1 aromatic rings. The fourth-order valence-electron chi connectivity index (χ4n) is 1.83. The van der Waals surface area contributed by atoms with E-state index in [4.69, 9.17) is 4.74 Å². The molecule has 0 unspecified atom stereocenters. The van der Waals surface area contributed by atoms with Crippen LogP contribution in [0, 0.1) is 3.57 Å². The van der Waals surface area contributed by atoms with Crippen LogP contribution in [0.25, 0.3) is 0 Å². The van der Waals surface area contributed by atoms with Gasteiger partial charge in [0.2, 0.25) is 0 Å². The number of carbonyl (C=O) groups is 1. The zero-order valence-electron chi connectivity index (χ0n) is 10.7. The van der Waals surface area contributed by atoms with Crippen LogP contribution in [-0.4, -0.2) is 12.6 Å². The molecule has 0 amide bonds. The van der Waals surface area contributed by atoms with Gasteiger partial charge in [-0.15, -0.1) is 6.58 Å². The van der Waals surface area contributed by atoms with E-state index in [1.54, 1.807) is 0 Å². The van der Waals surface area contributed by atoms with Crippen LogP contribution in [0.1, 0.15) is 37.7 Å². The molecule has 0 saturated heterocycles. The minimum Gasteiger partial charge on any atom is -0.466 e. The molecule has 18 heavy (non-hydrogen) atoms. The molecule has 0 aliphatic heterocycles. The van der Waals surface area contributed by atoms with Crippen molar-refractivity contribution in [2.45, 2.75) is 32.1 Å². The largest absolute Gasteiger partial charge is 0.466 e. The van der Waals surface area contributed by atoms with E-state index in [1.165, 1.54) is 9.13 Å². The Morgan fingerprint density at radius 2 is 2.11 bits per heavy atom. The molecule has 1 aromatic carbocycles. The fourth-order valence-corrected chi connectivity index (χ4v) is 2.19. The molecule has 0 saturated carbocycles. The average Bonchev–Trinajstić information content (AvgIpc) is 2.36. The van der Waals surface area contributed by atoms with Gasteiger partial charge in [-0.1, -0.05) is 18.2 Å². The maximum atomic E-state index is 11.2. The lowest BCUT2D eigenvalue weighted by molar-refractivity contribution is -0.143. The predicted molar refractivity (Wildman–Crippen MR) is 82.6 cm³/mol. The molecule has 0 spiro atoms. The summed E-state index contributed by atoms with van der Waals surface area (Å²) in [6.07, 6.45) is 4.21. The van der Waals surface area contributed by atoms with E-state index in [2.05, 4.69) is 53.4 Å². The highest BCUT2D eigenvalue weighted by Gasteiger charge is 2.09. The molecule has 0 fully saturated rings. The first-order chi connectivity index (χ1) is 8.67. The summed E-state index contributed by atoms with van der Waals surface area (Å²) in [4.78, 5) is 11.2. The van der Waals surface area contributed by atoms with Crippen LogP contribution in [0.4, 0.5) is 0 Å². The molecule has 0 aliphatic carbocycles. The van der Waals surface area contributed by atoms with Crippen molar-refractivity contribution < 1.29 is 9.53 Å². The Hall–Kier alpha value is -0.840. The quantitative estimate of drug-likeness (QED) is 0.413. The maximum Gasteiger partial charge on any atom is 0.305 e. The Kier molecular flexibility index (Phi) is 7.01. The molecule has 2 nitrogen and oxygen atoms in total. The summed E-state index contributed by atoms with van der Waals surface area (Å²) >= 11 is 2.29. The van der Waals surface area contributed by atoms with Crippen molar-refractivity contribution in [3.8, 4) is 0 Å². The standard InChI is InChI=1S/C15H19IO2/c1-3-12(6-5-7-15(17)18-4-2)13-8-10-14(16)11-9-13/h3,8-12H,1,4-7H2,2H3/t12-/m1/s1. The Morgan fingerprint density at radius 3 is 2.67 bits per heavy atom. The van der Waals surface area contributed by atoms with Crippen LogP contribution in [-0.2, 0) is 9.53 Å². The minimum atomic E-state index is -0.108. The summed E-state index contributed by atoms with van der Waals surface area (Å²) in [6, 6.07) is 8.44. The zero-order valence-corrected chi connectivity index (χ0v) is 12.9. The van der Waals surface area contributed by atoms with Gasteiger partial charge < -0.3 is 4.74 Å². The Bertz CT molecular complexity index is 384. The number of hydrogen-bond acceptors (Lipinski definition) is 2. The summed E-state index contributed by atoms with van der Waals surface area (Å²) in [6.45, 7) is 6.16. The van der Waals surface area contributed by atoms with Gasteiger partial charge in [-0.05, 0) is 60.1 Å². The SMILES string of the molecule is C=C[C@H](CCCC(=O)OCC)c1ccc(I)cc1. The molecule has 0 radical (unpaired) electrons. The summed E-state index contributed by atoms with van der Waals surface area (Å²) in [5.41, 5.74) is 1.26. The van der Waals surface area contributed by atoms with Gasteiger partial charge >= 0.3 is 5.97 Å². The van der Waals surface area contributed by atoms with Gasteiger partial charge in [0.25, 0.3) is 0 Å². The van der Waals surface area contributed by atoms with Gasteiger partial charge in [0.1, 0.15) is 0 Å². The van der Waals surface area contributed by atoms with E-state index < -0.39 is 0 Å². The number of carbonyl (C=O) groups excluding carboxylic acids is 1. The summed E-state index contributed by atoms with van der Waals surface area (Å²) in [7, 11) is 0. The lowest BCUT2D eigenvalue weighted by Gasteiger charge is -2.12. The molecular weight excluding hydrogens is 339 g/mol. The molecule has 98 valence electrons. The van der Waals surface area contributed by atoms with E-state index in [1.807, 2.05) is 13.0 Å².